The largest absolute Gasteiger partial charge is 0.460 e. The molecule has 1 N–H and O–H groups in total. The van der Waals surface area contributed by atoms with Crippen molar-refractivity contribution in [3.63, 3.8) is 0 Å². The molecular weight excluding hydrogens is 378 g/mol. The summed E-state index contributed by atoms with van der Waals surface area (Å²) in [5.74, 6) is 0.865. The monoisotopic (exact) mass is 407 g/mol. The maximum absolute atomic E-state index is 12.8. The summed E-state index contributed by atoms with van der Waals surface area (Å²) in [4.78, 5) is 12.8. The van der Waals surface area contributed by atoms with Crippen LogP contribution in [0.5, 0.6) is 5.88 Å². The number of aromatic nitrogens is 2. The van der Waals surface area contributed by atoms with Crippen LogP contribution in [0.1, 0.15) is 32.3 Å². The quantitative estimate of drug-likeness (QED) is 0.644. The molecule has 0 unspecified atom stereocenters. The first-order valence-corrected chi connectivity index (χ1v) is 10.6. The van der Waals surface area contributed by atoms with Crippen molar-refractivity contribution >= 4 is 16.8 Å². The number of carbonyl (C=O) groups excluding carboxylic acids is 1. The second kappa shape index (κ2) is 8.88. The fourth-order valence-corrected chi connectivity index (χ4v) is 3.76. The van der Waals surface area contributed by atoms with Gasteiger partial charge >= 0.3 is 0 Å². The summed E-state index contributed by atoms with van der Waals surface area (Å²) in [6.07, 6.45) is 2.08. The van der Waals surface area contributed by atoms with Gasteiger partial charge in [-0.2, -0.15) is 0 Å². The Morgan fingerprint density at radius 2 is 1.83 bits per heavy atom. The van der Waals surface area contributed by atoms with Gasteiger partial charge in [0.05, 0.1) is 10.9 Å². The molecule has 0 saturated carbocycles. The zero-order valence-corrected chi connectivity index (χ0v) is 17.6. The van der Waals surface area contributed by atoms with Crippen LogP contribution < -0.4 is 10.1 Å². The molecule has 1 fully saturated rings. The third-order valence-electron chi connectivity index (χ3n) is 5.59. The minimum atomic E-state index is -1.05. The van der Waals surface area contributed by atoms with Crippen molar-refractivity contribution in [1.82, 2.24) is 15.1 Å². The van der Waals surface area contributed by atoms with E-state index in [0.29, 0.717) is 18.3 Å². The Morgan fingerprint density at radius 1 is 1.13 bits per heavy atom. The van der Waals surface area contributed by atoms with Crippen molar-refractivity contribution in [1.29, 1.82) is 0 Å². The molecule has 0 aliphatic carbocycles. The summed E-state index contributed by atoms with van der Waals surface area (Å²) in [5.41, 5.74) is 1.03. The van der Waals surface area contributed by atoms with Gasteiger partial charge in [0.15, 0.2) is 5.60 Å². The minimum absolute atomic E-state index is 0.172. The topological polar surface area (TPSA) is 65.4 Å². The standard InChI is InChI=1S/C24H29N3O3/c1-24(2,23(28)25-16-18-8-4-3-5-9-18)30-22-20-10-6-7-11-21(20)27(26-22)17-19-12-14-29-15-13-19/h3-11,19H,12-17H2,1-2H3,(H,25,28). The third-order valence-corrected chi connectivity index (χ3v) is 5.59. The highest BCUT2D eigenvalue weighted by Crippen LogP contribution is 2.29. The molecule has 0 bridgehead atoms. The minimum Gasteiger partial charge on any atom is -0.460 e. The molecule has 6 heteroatoms. The van der Waals surface area contributed by atoms with Gasteiger partial charge in [0.2, 0.25) is 5.88 Å². The summed E-state index contributed by atoms with van der Waals surface area (Å²) in [5, 5.41) is 8.64. The number of para-hydroxylation sites is 1. The molecule has 1 amide bonds. The summed E-state index contributed by atoms with van der Waals surface area (Å²) in [6.45, 7) is 6.46. The van der Waals surface area contributed by atoms with E-state index in [4.69, 9.17) is 14.6 Å². The molecular formula is C24H29N3O3. The molecule has 0 radical (unpaired) electrons. The van der Waals surface area contributed by atoms with Gasteiger partial charge in [0, 0.05) is 26.3 Å². The first kappa shape index (κ1) is 20.4. The third kappa shape index (κ3) is 4.65. The predicted molar refractivity (Wildman–Crippen MR) is 116 cm³/mol. The lowest BCUT2D eigenvalue weighted by Gasteiger charge is -2.24. The number of hydrogen-bond donors (Lipinski definition) is 1. The average molecular weight is 408 g/mol. The number of nitrogens with zero attached hydrogens (tertiary/aromatic N) is 2. The van der Waals surface area contributed by atoms with Crippen LogP contribution in [0.4, 0.5) is 0 Å². The van der Waals surface area contributed by atoms with Crippen LogP contribution in [0.25, 0.3) is 10.9 Å². The Morgan fingerprint density at radius 3 is 2.60 bits per heavy atom. The molecule has 1 aliphatic heterocycles. The van der Waals surface area contributed by atoms with Gasteiger partial charge in [-0.05, 0) is 50.3 Å². The lowest BCUT2D eigenvalue weighted by molar-refractivity contribution is -0.134. The Labute approximate surface area is 177 Å². The molecule has 2 heterocycles. The second-order valence-corrected chi connectivity index (χ2v) is 8.34. The van der Waals surface area contributed by atoms with E-state index < -0.39 is 5.60 Å². The van der Waals surface area contributed by atoms with E-state index >= 15 is 0 Å². The summed E-state index contributed by atoms with van der Waals surface area (Å²) in [6, 6.07) is 17.9. The smallest absolute Gasteiger partial charge is 0.263 e. The van der Waals surface area contributed by atoms with Gasteiger partial charge in [0.25, 0.3) is 5.91 Å². The van der Waals surface area contributed by atoms with Crippen LogP contribution in [-0.4, -0.2) is 34.5 Å². The normalized spacial score (nSPS) is 15.3. The zero-order chi connectivity index (χ0) is 21.0. The molecule has 30 heavy (non-hydrogen) atoms. The van der Waals surface area contributed by atoms with Crippen molar-refractivity contribution in [3.8, 4) is 5.88 Å². The van der Waals surface area contributed by atoms with Crippen LogP contribution in [0.3, 0.4) is 0 Å². The van der Waals surface area contributed by atoms with Gasteiger partial charge in [-0.25, -0.2) is 0 Å². The van der Waals surface area contributed by atoms with Gasteiger partial charge in [-0.3, -0.25) is 9.48 Å². The molecule has 1 saturated heterocycles. The fourth-order valence-electron chi connectivity index (χ4n) is 3.76. The summed E-state index contributed by atoms with van der Waals surface area (Å²) < 4.78 is 13.7. The molecule has 6 nitrogen and oxygen atoms in total. The molecule has 0 atom stereocenters. The van der Waals surface area contributed by atoms with Crippen molar-refractivity contribution < 1.29 is 14.3 Å². The Balaban J connectivity index is 1.49. The SMILES string of the molecule is CC(C)(Oc1nn(CC2CCOCC2)c2ccccc12)C(=O)NCc1ccccc1. The van der Waals surface area contributed by atoms with Crippen LogP contribution >= 0.6 is 0 Å². The average Bonchev–Trinajstić information content (AvgIpc) is 3.10. The van der Waals surface area contributed by atoms with Crippen molar-refractivity contribution in [2.75, 3.05) is 13.2 Å². The van der Waals surface area contributed by atoms with Gasteiger partial charge < -0.3 is 14.8 Å². The van der Waals surface area contributed by atoms with Crippen LogP contribution in [0, 0.1) is 5.92 Å². The summed E-state index contributed by atoms with van der Waals surface area (Å²) >= 11 is 0. The lowest BCUT2D eigenvalue weighted by atomic mass is 10.0. The van der Waals surface area contributed by atoms with Crippen LogP contribution in [0.2, 0.25) is 0 Å². The maximum Gasteiger partial charge on any atom is 0.263 e. The number of amides is 1. The molecule has 2 aromatic carbocycles. The van der Waals surface area contributed by atoms with E-state index in [1.807, 2.05) is 53.2 Å². The van der Waals surface area contributed by atoms with Crippen molar-refractivity contribution in [2.24, 2.45) is 5.92 Å². The molecule has 158 valence electrons. The fraction of sp³-hybridized carbons (Fsp3) is 0.417. The number of ether oxygens (including phenoxy) is 2. The molecule has 3 aromatic rings. The number of nitrogens with one attached hydrogen (secondary N) is 1. The highest BCUT2D eigenvalue weighted by atomic mass is 16.5. The number of hydrogen-bond acceptors (Lipinski definition) is 4. The first-order valence-electron chi connectivity index (χ1n) is 10.6. The highest BCUT2D eigenvalue weighted by Gasteiger charge is 2.32. The van der Waals surface area contributed by atoms with E-state index in [9.17, 15) is 4.79 Å². The van der Waals surface area contributed by atoms with E-state index in [0.717, 1.165) is 49.1 Å². The van der Waals surface area contributed by atoms with E-state index in [-0.39, 0.29) is 5.91 Å². The highest BCUT2D eigenvalue weighted by molar-refractivity contribution is 5.87. The van der Waals surface area contributed by atoms with Crippen LogP contribution in [-0.2, 0) is 22.6 Å². The molecule has 1 aliphatic rings. The summed E-state index contributed by atoms with van der Waals surface area (Å²) in [7, 11) is 0. The van der Waals surface area contributed by atoms with Gasteiger partial charge in [0.1, 0.15) is 0 Å². The Hall–Kier alpha value is -2.86. The van der Waals surface area contributed by atoms with Crippen molar-refractivity contribution in [2.45, 2.75) is 45.4 Å². The van der Waals surface area contributed by atoms with E-state index in [1.54, 1.807) is 13.8 Å². The maximum atomic E-state index is 12.8. The molecule has 4 rings (SSSR count). The number of benzene rings is 2. The Bertz CT molecular complexity index is 991. The first-order chi connectivity index (χ1) is 14.5. The van der Waals surface area contributed by atoms with Crippen molar-refractivity contribution in [3.05, 3.63) is 60.2 Å². The molecule has 1 aromatic heterocycles. The Kier molecular flexibility index (Phi) is 6.04. The van der Waals surface area contributed by atoms with Gasteiger partial charge in [-0.15, -0.1) is 5.10 Å². The van der Waals surface area contributed by atoms with Crippen LogP contribution in [0.15, 0.2) is 54.6 Å². The second-order valence-electron chi connectivity index (χ2n) is 8.34. The van der Waals surface area contributed by atoms with E-state index in [2.05, 4.69) is 11.4 Å². The number of carbonyl (C=O) groups is 1. The lowest BCUT2D eigenvalue weighted by Crippen LogP contribution is -2.46. The number of fused-ring (bicyclic) bond motifs is 1. The zero-order valence-electron chi connectivity index (χ0n) is 17.6. The van der Waals surface area contributed by atoms with E-state index in [1.165, 1.54) is 0 Å². The van der Waals surface area contributed by atoms with Gasteiger partial charge in [-0.1, -0.05) is 42.5 Å². The molecule has 0 spiro atoms. The predicted octanol–water partition coefficient (Wildman–Crippen LogP) is 3.94. The number of rotatable bonds is 7.